The van der Waals surface area contributed by atoms with Crippen LogP contribution in [0.1, 0.15) is 52.2 Å². The minimum atomic E-state index is -0.503. The molecule has 132 valence electrons. The number of hydrogen-bond acceptors (Lipinski definition) is 0. The molecule has 0 saturated carbocycles. The summed E-state index contributed by atoms with van der Waals surface area (Å²) in [5, 5.41) is 3.36. The lowest BCUT2D eigenvalue weighted by Crippen LogP contribution is -2.42. The van der Waals surface area contributed by atoms with Crippen LogP contribution in [0.4, 0.5) is 0 Å². The van der Waals surface area contributed by atoms with Gasteiger partial charge in [0, 0.05) is 10.8 Å². The van der Waals surface area contributed by atoms with Crippen LogP contribution in [-0.2, 0) is 0 Å². The Morgan fingerprint density at radius 3 is 2.28 bits per heavy atom. The van der Waals surface area contributed by atoms with Gasteiger partial charge in [0.05, 0.1) is 9.52 Å². The summed E-state index contributed by atoms with van der Waals surface area (Å²) >= 11 is 0. The van der Waals surface area contributed by atoms with Crippen LogP contribution < -0.4 is 5.19 Å². The Hall–Kier alpha value is -1.60. The molecular weight excluding hydrogens is 316 g/mol. The van der Waals surface area contributed by atoms with Crippen LogP contribution in [-0.4, -0.2) is 9.52 Å². The molecule has 0 fully saturated rings. The highest BCUT2D eigenvalue weighted by Crippen LogP contribution is 2.59. The zero-order chi connectivity index (χ0) is 18.4. The van der Waals surface area contributed by atoms with Gasteiger partial charge in [-0.1, -0.05) is 89.0 Å². The first kappa shape index (κ1) is 18.2. The van der Waals surface area contributed by atoms with Crippen molar-refractivity contribution in [1.82, 2.24) is 0 Å². The summed E-state index contributed by atoms with van der Waals surface area (Å²) in [7, 11) is -0.503. The highest BCUT2D eigenvalue weighted by atomic mass is 28.2. The van der Waals surface area contributed by atoms with Crippen molar-refractivity contribution in [2.45, 2.75) is 54.9 Å². The predicted molar refractivity (Wildman–Crippen MR) is 114 cm³/mol. The third-order valence-corrected chi connectivity index (χ3v) is 9.93. The van der Waals surface area contributed by atoms with E-state index in [-0.39, 0.29) is 10.8 Å². The summed E-state index contributed by atoms with van der Waals surface area (Å²) in [5.41, 5.74) is 7.84. The van der Waals surface area contributed by atoms with Crippen molar-refractivity contribution < 1.29 is 0 Å². The van der Waals surface area contributed by atoms with Crippen molar-refractivity contribution in [3.63, 3.8) is 0 Å². The molecule has 25 heavy (non-hydrogen) atoms. The maximum absolute atomic E-state index is 2.51. The molecule has 0 nitrogen and oxygen atoms in total. The summed E-state index contributed by atoms with van der Waals surface area (Å²) in [5.74, 6) is 0. The number of rotatable bonds is 3. The quantitative estimate of drug-likeness (QED) is 0.654. The fraction of sp³-hybridized carbons (Fsp3) is 0.417. The molecule has 0 spiro atoms. The zero-order valence-corrected chi connectivity index (χ0v) is 18.4. The summed E-state index contributed by atoms with van der Waals surface area (Å²) in [6, 6.07) is 6.98. The smallest absolute Gasteiger partial charge is 0.0837 e. The highest BCUT2D eigenvalue weighted by molar-refractivity contribution is 6.62. The lowest BCUT2D eigenvalue weighted by Gasteiger charge is -2.47. The lowest BCUT2D eigenvalue weighted by atomic mass is 9.60. The van der Waals surface area contributed by atoms with Crippen molar-refractivity contribution >= 4 is 14.7 Å². The molecule has 1 aromatic carbocycles. The maximum Gasteiger partial charge on any atom is 0.0843 e. The minimum Gasteiger partial charge on any atom is -0.0837 e. The molecule has 0 radical (unpaired) electrons. The van der Waals surface area contributed by atoms with Crippen molar-refractivity contribution in [1.29, 1.82) is 0 Å². The average molecular weight is 349 g/mol. The third-order valence-electron chi connectivity index (χ3n) is 7.20. The first-order valence-electron chi connectivity index (χ1n) is 9.50. The number of aryl methyl sites for hydroxylation is 2. The van der Waals surface area contributed by atoms with Crippen LogP contribution in [0.5, 0.6) is 0 Å². The molecule has 2 unspecified atom stereocenters. The van der Waals surface area contributed by atoms with E-state index in [9.17, 15) is 0 Å². The van der Waals surface area contributed by atoms with Gasteiger partial charge < -0.3 is 0 Å². The van der Waals surface area contributed by atoms with E-state index in [0.29, 0.717) is 0 Å². The number of allylic oxidation sites excluding steroid dienone is 8. The summed E-state index contributed by atoms with van der Waals surface area (Å²) in [6.07, 6.45) is 10.4. The summed E-state index contributed by atoms with van der Waals surface area (Å²) < 4.78 is 0. The molecule has 1 heteroatoms. The Kier molecular flexibility index (Phi) is 4.57. The molecule has 0 heterocycles. The normalized spacial score (nSPS) is 29.6. The van der Waals surface area contributed by atoms with Gasteiger partial charge in [0.25, 0.3) is 0 Å². The Morgan fingerprint density at radius 1 is 0.920 bits per heavy atom. The molecule has 0 saturated heterocycles. The van der Waals surface area contributed by atoms with E-state index in [4.69, 9.17) is 0 Å². The molecule has 3 rings (SSSR count). The van der Waals surface area contributed by atoms with E-state index in [2.05, 4.69) is 91.0 Å². The SMILES string of the molecule is CC1=C(C)C(C)(C2(C)C=CC=CC2)C([SiH2]c2cc(C)ccc2C)=C1C. The molecule has 2 aliphatic carbocycles. The fourth-order valence-corrected chi connectivity index (χ4v) is 7.60. The number of hydrogen-bond donors (Lipinski definition) is 0. The van der Waals surface area contributed by atoms with E-state index < -0.39 is 9.52 Å². The second-order valence-corrected chi connectivity index (χ2v) is 10.3. The monoisotopic (exact) mass is 348 g/mol. The number of benzene rings is 1. The van der Waals surface area contributed by atoms with Gasteiger partial charge in [-0.2, -0.15) is 0 Å². The van der Waals surface area contributed by atoms with Gasteiger partial charge in [-0.05, 0) is 46.6 Å². The van der Waals surface area contributed by atoms with E-state index in [0.717, 1.165) is 6.42 Å². The second-order valence-electron chi connectivity index (χ2n) is 8.49. The van der Waals surface area contributed by atoms with E-state index in [1.54, 1.807) is 21.5 Å². The molecule has 0 aromatic heterocycles. The van der Waals surface area contributed by atoms with Gasteiger partial charge in [0.15, 0.2) is 0 Å². The second kappa shape index (κ2) is 6.28. The standard InChI is InChI=1S/C24H32Si/c1-16-11-12-17(2)21(15-16)25-22-19(4)18(3)20(5)24(22,7)23(6)13-9-8-10-14-23/h8-13,15H,14,25H2,1-7H3. The van der Waals surface area contributed by atoms with Gasteiger partial charge >= 0.3 is 0 Å². The van der Waals surface area contributed by atoms with E-state index >= 15 is 0 Å². The molecule has 0 amide bonds. The van der Waals surface area contributed by atoms with Crippen LogP contribution in [0, 0.1) is 24.7 Å². The fourth-order valence-electron chi connectivity index (χ4n) is 4.85. The van der Waals surface area contributed by atoms with Crippen molar-refractivity contribution in [3.8, 4) is 0 Å². The molecule has 2 atom stereocenters. The van der Waals surface area contributed by atoms with Crippen molar-refractivity contribution in [2.75, 3.05) is 0 Å². The largest absolute Gasteiger partial charge is 0.0843 e. The molecule has 1 aromatic rings. The van der Waals surface area contributed by atoms with E-state index in [1.807, 2.05) is 0 Å². The Bertz CT molecular complexity index is 834. The first-order valence-corrected chi connectivity index (χ1v) is 10.9. The Labute approximate surface area is 156 Å². The lowest BCUT2D eigenvalue weighted by molar-refractivity contribution is 0.224. The summed E-state index contributed by atoms with van der Waals surface area (Å²) in [6.45, 7) is 16.5. The topological polar surface area (TPSA) is 0 Å². The Balaban J connectivity index is 2.12. The van der Waals surface area contributed by atoms with Crippen LogP contribution in [0.2, 0.25) is 0 Å². The van der Waals surface area contributed by atoms with Crippen LogP contribution in [0.3, 0.4) is 0 Å². The van der Waals surface area contributed by atoms with Gasteiger partial charge in [-0.15, -0.1) is 0 Å². The van der Waals surface area contributed by atoms with Gasteiger partial charge in [-0.25, -0.2) is 0 Å². The van der Waals surface area contributed by atoms with Gasteiger partial charge in [-0.3, -0.25) is 0 Å². The minimum absolute atomic E-state index is 0.144. The maximum atomic E-state index is 2.51. The molecule has 0 N–H and O–H groups in total. The van der Waals surface area contributed by atoms with E-state index in [1.165, 1.54) is 16.7 Å². The van der Waals surface area contributed by atoms with Crippen molar-refractivity contribution in [3.05, 3.63) is 75.5 Å². The first-order chi connectivity index (χ1) is 11.7. The highest BCUT2D eigenvalue weighted by Gasteiger charge is 2.50. The average Bonchev–Trinajstić information content (AvgIpc) is 2.75. The molecular formula is C24H32Si. The predicted octanol–water partition coefficient (Wildman–Crippen LogP) is 5.25. The molecule has 0 bridgehead atoms. The third kappa shape index (κ3) is 2.73. The van der Waals surface area contributed by atoms with Crippen molar-refractivity contribution in [2.24, 2.45) is 10.8 Å². The van der Waals surface area contributed by atoms with Gasteiger partial charge in [0.2, 0.25) is 0 Å². The summed E-state index contributed by atoms with van der Waals surface area (Å²) in [4.78, 5) is 0. The van der Waals surface area contributed by atoms with Gasteiger partial charge in [0.1, 0.15) is 0 Å². The van der Waals surface area contributed by atoms with Crippen LogP contribution in [0.15, 0.2) is 64.4 Å². The zero-order valence-electron chi connectivity index (χ0n) is 17.0. The molecule has 0 aliphatic heterocycles. The Morgan fingerprint density at radius 2 is 1.64 bits per heavy atom. The van der Waals surface area contributed by atoms with Crippen LogP contribution >= 0.6 is 0 Å². The molecule has 2 aliphatic rings. The van der Waals surface area contributed by atoms with Crippen LogP contribution in [0.25, 0.3) is 0 Å².